The molecule has 1 aliphatic rings. The molecule has 0 aliphatic carbocycles. The van der Waals surface area contributed by atoms with Crippen molar-refractivity contribution in [3.63, 3.8) is 0 Å². The molecule has 1 fully saturated rings. The van der Waals surface area contributed by atoms with Gasteiger partial charge in [-0.1, -0.05) is 12.1 Å². The molecule has 1 saturated heterocycles. The number of nitrogens with zero attached hydrogens (tertiary/aromatic N) is 2. The van der Waals surface area contributed by atoms with Gasteiger partial charge in [-0.3, -0.25) is 9.78 Å². The zero-order chi connectivity index (χ0) is 17.3. The number of aliphatic hydroxyl groups is 1. The highest BCUT2D eigenvalue weighted by Crippen LogP contribution is 2.35. The van der Waals surface area contributed by atoms with Crippen LogP contribution in [0.4, 0.5) is 13.2 Å². The number of carbonyl (C=O) groups excluding carboxylic acids is 1. The van der Waals surface area contributed by atoms with Crippen LogP contribution >= 0.6 is 0 Å². The summed E-state index contributed by atoms with van der Waals surface area (Å²) in [5, 5.41) is 9.92. The minimum absolute atomic E-state index is 0.138. The number of hydrogen-bond acceptors (Lipinski definition) is 3. The number of hydrogen-bond donors (Lipinski definition) is 1. The zero-order valence-electron chi connectivity index (χ0n) is 12.6. The van der Waals surface area contributed by atoms with E-state index in [-0.39, 0.29) is 18.9 Å². The van der Waals surface area contributed by atoms with Crippen molar-refractivity contribution in [2.24, 2.45) is 0 Å². The van der Waals surface area contributed by atoms with Crippen LogP contribution in [-0.4, -0.2) is 33.5 Å². The van der Waals surface area contributed by atoms with Crippen molar-refractivity contribution in [2.45, 2.75) is 24.7 Å². The van der Waals surface area contributed by atoms with Gasteiger partial charge >= 0.3 is 6.18 Å². The molecule has 0 bridgehead atoms. The molecule has 24 heavy (non-hydrogen) atoms. The Balaban J connectivity index is 1.87. The van der Waals surface area contributed by atoms with Crippen molar-refractivity contribution in [1.29, 1.82) is 0 Å². The Morgan fingerprint density at radius 3 is 2.50 bits per heavy atom. The Morgan fingerprint density at radius 2 is 1.92 bits per heavy atom. The molecule has 2 heterocycles. The van der Waals surface area contributed by atoms with E-state index in [0.29, 0.717) is 11.1 Å². The molecular weight excluding hydrogens is 321 g/mol. The van der Waals surface area contributed by atoms with E-state index >= 15 is 0 Å². The van der Waals surface area contributed by atoms with Crippen molar-refractivity contribution in [3.8, 4) is 0 Å². The average molecular weight is 336 g/mol. The molecule has 0 spiro atoms. The minimum Gasteiger partial charge on any atom is -0.391 e. The van der Waals surface area contributed by atoms with Gasteiger partial charge in [0, 0.05) is 18.9 Å². The third kappa shape index (κ3) is 3.26. The minimum atomic E-state index is -4.40. The summed E-state index contributed by atoms with van der Waals surface area (Å²) in [6, 6.07) is 7.48. The second-order valence-electron chi connectivity index (χ2n) is 5.72. The summed E-state index contributed by atoms with van der Waals surface area (Å²) in [4.78, 5) is 18.0. The lowest BCUT2D eigenvalue weighted by Crippen LogP contribution is -2.31. The summed E-state index contributed by atoms with van der Waals surface area (Å²) < 4.78 is 38.0. The molecule has 2 unspecified atom stereocenters. The normalized spacial score (nSPS) is 21.1. The first-order valence-corrected chi connectivity index (χ1v) is 7.42. The lowest BCUT2D eigenvalue weighted by atomic mass is 10.0. The topological polar surface area (TPSA) is 53.4 Å². The smallest absolute Gasteiger partial charge is 0.391 e. The monoisotopic (exact) mass is 336 g/mol. The third-order valence-corrected chi connectivity index (χ3v) is 4.07. The van der Waals surface area contributed by atoms with E-state index in [1.807, 2.05) is 0 Å². The van der Waals surface area contributed by atoms with Gasteiger partial charge in [0.15, 0.2) is 0 Å². The van der Waals surface area contributed by atoms with Gasteiger partial charge < -0.3 is 10.0 Å². The largest absolute Gasteiger partial charge is 0.416 e. The van der Waals surface area contributed by atoms with Gasteiger partial charge in [-0.05, 0) is 36.2 Å². The van der Waals surface area contributed by atoms with Gasteiger partial charge in [-0.15, -0.1) is 0 Å². The van der Waals surface area contributed by atoms with Gasteiger partial charge in [0.05, 0.1) is 23.3 Å². The number of pyridine rings is 1. The van der Waals surface area contributed by atoms with Crippen LogP contribution in [0.2, 0.25) is 0 Å². The van der Waals surface area contributed by atoms with Gasteiger partial charge in [0.2, 0.25) is 0 Å². The molecule has 4 nitrogen and oxygen atoms in total. The van der Waals surface area contributed by atoms with Crippen molar-refractivity contribution < 1.29 is 23.1 Å². The lowest BCUT2D eigenvalue weighted by molar-refractivity contribution is -0.137. The second-order valence-corrected chi connectivity index (χ2v) is 5.72. The van der Waals surface area contributed by atoms with E-state index in [1.54, 1.807) is 18.3 Å². The summed E-state index contributed by atoms with van der Waals surface area (Å²) >= 11 is 0. The standard InChI is InChI=1S/C17H15F3N2O2/c18-17(19,20)13-5-3-11(4-6-13)15-8-14(23)10-22(15)16(24)12-2-1-7-21-9-12/h1-7,9,14-15,23H,8,10H2. The highest BCUT2D eigenvalue weighted by atomic mass is 19.4. The van der Waals surface area contributed by atoms with E-state index in [2.05, 4.69) is 4.98 Å². The molecule has 2 atom stereocenters. The number of benzene rings is 1. The number of amides is 1. The third-order valence-electron chi connectivity index (χ3n) is 4.07. The van der Waals surface area contributed by atoms with E-state index in [1.165, 1.54) is 23.2 Å². The van der Waals surface area contributed by atoms with E-state index < -0.39 is 23.9 Å². The molecular formula is C17H15F3N2O2. The van der Waals surface area contributed by atoms with Crippen molar-refractivity contribution >= 4 is 5.91 Å². The molecule has 7 heteroatoms. The van der Waals surface area contributed by atoms with Gasteiger partial charge in [0.25, 0.3) is 5.91 Å². The average Bonchev–Trinajstić information content (AvgIpc) is 2.96. The fourth-order valence-electron chi connectivity index (χ4n) is 2.90. The van der Waals surface area contributed by atoms with E-state index in [4.69, 9.17) is 0 Å². The maximum absolute atomic E-state index is 12.7. The molecule has 1 aliphatic heterocycles. The van der Waals surface area contributed by atoms with E-state index in [0.717, 1.165) is 12.1 Å². The molecule has 1 amide bonds. The summed E-state index contributed by atoms with van der Waals surface area (Å²) in [6.45, 7) is 0.138. The first-order chi connectivity index (χ1) is 11.4. The molecule has 3 rings (SSSR count). The van der Waals surface area contributed by atoms with Crippen LogP contribution in [0, 0.1) is 0 Å². The molecule has 0 saturated carbocycles. The number of likely N-dealkylation sites (tertiary alicyclic amines) is 1. The number of rotatable bonds is 2. The van der Waals surface area contributed by atoms with Gasteiger partial charge in [0.1, 0.15) is 0 Å². The predicted octanol–water partition coefficient (Wildman–Crippen LogP) is 3.05. The molecule has 1 aromatic heterocycles. The van der Waals surface area contributed by atoms with Crippen LogP contribution in [0.3, 0.4) is 0 Å². The number of β-amino-alcohol motifs (C(OH)–C–C–N with tert-alkyl or cyclic N) is 1. The summed E-state index contributed by atoms with van der Waals surface area (Å²) in [6.07, 6.45) is -1.85. The Labute approximate surface area is 136 Å². The Kier molecular flexibility index (Phi) is 4.28. The quantitative estimate of drug-likeness (QED) is 0.917. The summed E-state index contributed by atoms with van der Waals surface area (Å²) in [5.41, 5.74) is 0.204. The number of aliphatic hydroxyl groups excluding tert-OH is 1. The molecule has 1 N–H and O–H groups in total. The SMILES string of the molecule is O=C(c1cccnc1)N1CC(O)CC1c1ccc(C(F)(F)F)cc1. The van der Waals surface area contributed by atoms with Crippen LogP contribution in [0.5, 0.6) is 0 Å². The van der Waals surface area contributed by atoms with Crippen molar-refractivity contribution in [2.75, 3.05) is 6.54 Å². The fraction of sp³-hybridized carbons (Fsp3) is 0.294. The van der Waals surface area contributed by atoms with E-state index in [9.17, 15) is 23.1 Å². The molecule has 2 aromatic rings. The highest BCUT2D eigenvalue weighted by molar-refractivity contribution is 5.94. The Morgan fingerprint density at radius 1 is 1.21 bits per heavy atom. The predicted molar refractivity (Wildman–Crippen MR) is 80.1 cm³/mol. The Hall–Kier alpha value is -2.41. The van der Waals surface area contributed by atoms with Gasteiger partial charge in [-0.2, -0.15) is 13.2 Å². The van der Waals surface area contributed by atoms with Crippen molar-refractivity contribution in [1.82, 2.24) is 9.88 Å². The van der Waals surface area contributed by atoms with Gasteiger partial charge in [-0.25, -0.2) is 0 Å². The number of halogens is 3. The second kappa shape index (κ2) is 6.24. The first-order valence-electron chi connectivity index (χ1n) is 7.42. The maximum atomic E-state index is 12.7. The van der Waals surface area contributed by atoms with Crippen LogP contribution in [-0.2, 0) is 6.18 Å². The van der Waals surface area contributed by atoms with Crippen LogP contribution in [0.15, 0.2) is 48.8 Å². The number of carbonyl (C=O) groups is 1. The number of alkyl halides is 3. The zero-order valence-corrected chi connectivity index (χ0v) is 12.6. The summed E-state index contributed by atoms with van der Waals surface area (Å²) in [5.74, 6) is -0.301. The first kappa shape index (κ1) is 16.4. The molecule has 1 aromatic carbocycles. The Bertz CT molecular complexity index is 717. The molecule has 126 valence electrons. The highest BCUT2D eigenvalue weighted by Gasteiger charge is 2.36. The van der Waals surface area contributed by atoms with Crippen LogP contribution in [0.1, 0.15) is 33.9 Å². The summed E-state index contributed by atoms with van der Waals surface area (Å²) in [7, 11) is 0. The van der Waals surface area contributed by atoms with Crippen molar-refractivity contribution in [3.05, 3.63) is 65.5 Å². The molecule has 0 radical (unpaired) electrons. The fourth-order valence-corrected chi connectivity index (χ4v) is 2.90. The number of aromatic nitrogens is 1. The lowest BCUT2D eigenvalue weighted by Gasteiger charge is -2.25. The van der Waals surface area contributed by atoms with Crippen LogP contribution in [0.25, 0.3) is 0 Å². The maximum Gasteiger partial charge on any atom is 0.416 e. The van der Waals surface area contributed by atoms with Crippen LogP contribution < -0.4 is 0 Å².